The molecule has 1 aliphatic carbocycles. The third-order valence-electron chi connectivity index (χ3n) is 6.26. The lowest BCUT2D eigenvalue weighted by Crippen LogP contribution is -2.45. The van der Waals surface area contributed by atoms with E-state index in [1.807, 2.05) is 11.0 Å². The van der Waals surface area contributed by atoms with Crippen LogP contribution in [0.1, 0.15) is 56.9 Å². The SMILES string of the molecule is Cl.NCC1(CC(=O)N2CCC(OCCc3ccccc3)CC2)CCCCC1. The number of piperidine rings is 1. The molecule has 0 unspecified atom stereocenters. The number of amides is 1. The zero-order valence-corrected chi connectivity index (χ0v) is 17.2. The maximum Gasteiger partial charge on any atom is 0.223 e. The number of benzene rings is 1. The highest BCUT2D eigenvalue weighted by Crippen LogP contribution is 2.39. The quantitative estimate of drug-likeness (QED) is 0.761. The van der Waals surface area contributed by atoms with E-state index in [4.69, 9.17) is 10.5 Å². The monoisotopic (exact) mass is 394 g/mol. The molecule has 0 aromatic heterocycles. The number of nitrogens with two attached hydrogens (primary N) is 1. The molecule has 1 aromatic rings. The molecule has 152 valence electrons. The second-order valence-corrected chi connectivity index (χ2v) is 8.13. The van der Waals surface area contributed by atoms with Crippen molar-refractivity contribution in [3.63, 3.8) is 0 Å². The molecule has 1 aliphatic heterocycles. The van der Waals surface area contributed by atoms with Crippen LogP contribution < -0.4 is 5.73 Å². The van der Waals surface area contributed by atoms with Gasteiger partial charge in [0.2, 0.25) is 5.91 Å². The van der Waals surface area contributed by atoms with Crippen molar-refractivity contribution in [3.8, 4) is 0 Å². The van der Waals surface area contributed by atoms with Crippen LogP contribution in [0.15, 0.2) is 30.3 Å². The number of carbonyl (C=O) groups is 1. The third kappa shape index (κ3) is 6.48. The molecule has 1 saturated heterocycles. The van der Waals surface area contributed by atoms with E-state index in [2.05, 4.69) is 24.3 Å². The number of hydrogen-bond donors (Lipinski definition) is 1. The number of nitrogens with zero attached hydrogens (tertiary/aromatic N) is 1. The van der Waals surface area contributed by atoms with Crippen molar-refractivity contribution in [2.24, 2.45) is 11.1 Å². The Morgan fingerprint density at radius 3 is 2.41 bits per heavy atom. The minimum absolute atomic E-state index is 0. The summed E-state index contributed by atoms with van der Waals surface area (Å²) in [7, 11) is 0. The average Bonchev–Trinajstić information content (AvgIpc) is 2.70. The maximum atomic E-state index is 12.8. The van der Waals surface area contributed by atoms with Gasteiger partial charge in [0.15, 0.2) is 0 Å². The zero-order chi connectivity index (χ0) is 18.2. The Morgan fingerprint density at radius 1 is 1.11 bits per heavy atom. The molecule has 0 atom stereocenters. The minimum Gasteiger partial charge on any atom is -0.378 e. The summed E-state index contributed by atoms with van der Waals surface area (Å²) in [5.41, 5.74) is 7.44. The van der Waals surface area contributed by atoms with Gasteiger partial charge in [0.05, 0.1) is 12.7 Å². The van der Waals surface area contributed by atoms with Crippen LogP contribution >= 0.6 is 12.4 Å². The second-order valence-electron chi connectivity index (χ2n) is 8.13. The number of likely N-dealkylation sites (tertiary alicyclic amines) is 1. The number of rotatable bonds is 7. The molecule has 1 heterocycles. The topological polar surface area (TPSA) is 55.6 Å². The Hall–Kier alpha value is -1.10. The minimum atomic E-state index is 0. The van der Waals surface area contributed by atoms with Crippen LogP contribution in [-0.4, -0.2) is 43.2 Å². The predicted octanol–water partition coefficient (Wildman–Crippen LogP) is 3.96. The summed E-state index contributed by atoms with van der Waals surface area (Å²) in [5.74, 6) is 0.306. The molecule has 1 amide bonds. The first kappa shape index (κ1) is 22.2. The fourth-order valence-corrected chi connectivity index (χ4v) is 4.45. The van der Waals surface area contributed by atoms with E-state index in [-0.39, 0.29) is 17.8 Å². The van der Waals surface area contributed by atoms with Gasteiger partial charge in [-0.15, -0.1) is 12.4 Å². The van der Waals surface area contributed by atoms with Gasteiger partial charge in [0, 0.05) is 19.5 Å². The van der Waals surface area contributed by atoms with Crippen LogP contribution in [0.2, 0.25) is 0 Å². The number of hydrogen-bond acceptors (Lipinski definition) is 3. The molecule has 2 fully saturated rings. The van der Waals surface area contributed by atoms with Gasteiger partial charge < -0.3 is 15.4 Å². The van der Waals surface area contributed by atoms with Gasteiger partial charge in [-0.1, -0.05) is 49.6 Å². The Balaban J connectivity index is 0.00000261. The molecular weight excluding hydrogens is 360 g/mol. The van der Waals surface area contributed by atoms with Crippen molar-refractivity contribution >= 4 is 18.3 Å². The summed E-state index contributed by atoms with van der Waals surface area (Å²) in [6.07, 6.45) is 9.78. The Kier molecular flexibility index (Phi) is 9.07. The largest absolute Gasteiger partial charge is 0.378 e. The molecule has 5 heteroatoms. The maximum absolute atomic E-state index is 12.8. The summed E-state index contributed by atoms with van der Waals surface area (Å²) in [6.45, 7) is 3.07. The van der Waals surface area contributed by atoms with Crippen molar-refractivity contribution in [1.29, 1.82) is 0 Å². The number of ether oxygens (including phenoxy) is 1. The van der Waals surface area contributed by atoms with E-state index in [0.29, 0.717) is 25.0 Å². The van der Waals surface area contributed by atoms with Crippen LogP contribution in [0.5, 0.6) is 0 Å². The van der Waals surface area contributed by atoms with E-state index in [1.54, 1.807) is 0 Å². The fraction of sp³-hybridized carbons (Fsp3) is 0.682. The lowest BCUT2D eigenvalue weighted by atomic mass is 9.71. The van der Waals surface area contributed by atoms with Crippen molar-refractivity contribution in [2.75, 3.05) is 26.2 Å². The molecule has 4 nitrogen and oxygen atoms in total. The van der Waals surface area contributed by atoms with Gasteiger partial charge in [-0.25, -0.2) is 0 Å². The smallest absolute Gasteiger partial charge is 0.223 e. The van der Waals surface area contributed by atoms with Crippen LogP contribution in [0, 0.1) is 5.41 Å². The molecule has 0 radical (unpaired) electrons. The summed E-state index contributed by atoms with van der Waals surface area (Å²) < 4.78 is 6.05. The van der Waals surface area contributed by atoms with E-state index in [0.717, 1.165) is 51.8 Å². The molecule has 1 saturated carbocycles. The summed E-state index contributed by atoms with van der Waals surface area (Å²) in [4.78, 5) is 14.8. The average molecular weight is 395 g/mol. The molecule has 3 rings (SSSR count). The molecule has 2 aliphatic rings. The molecule has 2 N–H and O–H groups in total. The number of carbonyl (C=O) groups excluding carboxylic acids is 1. The van der Waals surface area contributed by atoms with Crippen molar-refractivity contribution in [2.45, 2.75) is 63.9 Å². The highest BCUT2D eigenvalue weighted by atomic mass is 35.5. The summed E-state index contributed by atoms with van der Waals surface area (Å²) in [5, 5.41) is 0. The van der Waals surface area contributed by atoms with Gasteiger partial charge in [-0.3, -0.25) is 4.79 Å². The highest BCUT2D eigenvalue weighted by Gasteiger charge is 2.35. The first-order chi connectivity index (χ1) is 12.7. The Bertz CT molecular complexity index is 553. The first-order valence-corrected chi connectivity index (χ1v) is 10.3. The number of halogens is 1. The van der Waals surface area contributed by atoms with Crippen molar-refractivity contribution in [1.82, 2.24) is 4.90 Å². The van der Waals surface area contributed by atoms with E-state index in [9.17, 15) is 4.79 Å². The standard InChI is InChI=1S/C22H34N2O2.ClH/c23-18-22(12-5-2-6-13-22)17-21(25)24-14-9-20(10-15-24)26-16-11-19-7-3-1-4-8-19;/h1,3-4,7-8,20H,2,5-6,9-18,23H2;1H. The molecular formula is C22H35ClN2O2. The van der Waals surface area contributed by atoms with Crippen molar-refractivity contribution in [3.05, 3.63) is 35.9 Å². The van der Waals surface area contributed by atoms with E-state index >= 15 is 0 Å². The van der Waals surface area contributed by atoms with Crippen LogP contribution in [-0.2, 0) is 16.0 Å². The van der Waals surface area contributed by atoms with Crippen LogP contribution in [0.4, 0.5) is 0 Å². The van der Waals surface area contributed by atoms with Gasteiger partial charge in [0.25, 0.3) is 0 Å². The van der Waals surface area contributed by atoms with Gasteiger partial charge >= 0.3 is 0 Å². The van der Waals surface area contributed by atoms with Crippen molar-refractivity contribution < 1.29 is 9.53 Å². The second kappa shape index (κ2) is 11.0. The van der Waals surface area contributed by atoms with Gasteiger partial charge in [-0.2, -0.15) is 0 Å². The van der Waals surface area contributed by atoms with Gasteiger partial charge in [-0.05, 0) is 49.6 Å². The summed E-state index contributed by atoms with van der Waals surface area (Å²) >= 11 is 0. The van der Waals surface area contributed by atoms with Crippen LogP contribution in [0.3, 0.4) is 0 Å². The highest BCUT2D eigenvalue weighted by molar-refractivity contribution is 5.85. The molecule has 1 aromatic carbocycles. The zero-order valence-electron chi connectivity index (χ0n) is 16.4. The van der Waals surface area contributed by atoms with Crippen LogP contribution in [0.25, 0.3) is 0 Å². The predicted molar refractivity (Wildman–Crippen MR) is 112 cm³/mol. The van der Waals surface area contributed by atoms with E-state index in [1.165, 1.54) is 24.8 Å². The lowest BCUT2D eigenvalue weighted by molar-refractivity contribution is -0.136. The third-order valence-corrected chi connectivity index (χ3v) is 6.26. The fourth-order valence-electron chi connectivity index (χ4n) is 4.45. The molecule has 0 bridgehead atoms. The first-order valence-electron chi connectivity index (χ1n) is 10.3. The molecule has 27 heavy (non-hydrogen) atoms. The lowest BCUT2D eigenvalue weighted by Gasteiger charge is -2.39. The van der Waals surface area contributed by atoms with Gasteiger partial charge in [0.1, 0.15) is 0 Å². The Labute approximate surface area is 170 Å². The normalized spacial score (nSPS) is 20.1. The summed E-state index contributed by atoms with van der Waals surface area (Å²) in [6, 6.07) is 10.5. The Morgan fingerprint density at radius 2 is 1.78 bits per heavy atom. The van der Waals surface area contributed by atoms with E-state index < -0.39 is 0 Å². The molecule has 0 spiro atoms.